The minimum atomic E-state index is 0.270. The van der Waals surface area contributed by atoms with Crippen LogP contribution in [0.2, 0.25) is 0 Å². The van der Waals surface area contributed by atoms with Gasteiger partial charge in [0.15, 0.2) is 0 Å². The van der Waals surface area contributed by atoms with E-state index in [-0.39, 0.29) is 5.92 Å². The van der Waals surface area contributed by atoms with E-state index < -0.39 is 0 Å². The number of hydrogen-bond acceptors (Lipinski definition) is 2. The van der Waals surface area contributed by atoms with Crippen molar-refractivity contribution in [3.8, 4) is 22.5 Å². The van der Waals surface area contributed by atoms with Gasteiger partial charge in [-0.25, -0.2) is 9.97 Å². The van der Waals surface area contributed by atoms with Crippen molar-refractivity contribution in [1.29, 1.82) is 0 Å². The largest absolute Gasteiger partial charge is 0.327 e. The zero-order valence-corrected chi connectivity index (χ0v) is 28.3. The van der Waals surface area contributed by atoms with Gasteiger partial charge in [-0.05, 0) is 98.8 Å². The highest BCUT2D eigenvalue weighted by Crippen LogP contribution is 2.48. The van der Waals surface area contributed by atoms with Crippen molar-refractivity contribution in [2.75, 3.05) is 0 Å². The molecule has 2 aromatic heterocycles. The van der Waals surface area contributed by atoms with Crippen molar-refractivity contribution in [3.63, 3.8) is 0 Å². The van der Waals surface area contributed by atoms with Crippen LogP contribution in [0, 0.1) is 0 Å². The third kappa shape index (κ3) is 4.45. The van der Waals surface area contributed by atoms with Gasteiger partial charge in [-0.15, -0.1) is 0 Å². The number of nitrogens with zero attached hydrogens (tertiary/aromatic N) is 4. The third-order valence-corrected chi connectivity index (χ3v) is 11.1. The van der Waals surface area contributed by atoms with Crippen LogP contribution in [0.5, 0.6) is 0 Å². The number of benzene rings is 6. The maximum Gasteiger partial charge on any atom is 0.140 e. The number of fused-ring (bicyclic) bond motifs is 7. The summed E-state index contributed by atoms with van der Waals surface area (Å²) in [4.78, 5) is 9.96. The molecule has 10 rings (SSSR count). The molecule has 240 valence electrons. The lowest BCUT2D eigenvalue weighted by Crippen LogP contribution is -2.14. The first-order valence-corrected chi connectivity index (χ1v) is 17.6. The molecule has 8 aromatic rings. The van der Waals surface area contributed by atoms with Crippen LogP contribution in [-0.2, 0) is 20.5 Å². The lowest BCUT2D eigenvalue weighted by molar-refractivity contribution is 0.795. The highest BCUT2D eigenvalue weighted by molar-refractivity contribution is 6.06. The summed E-state index contributed by atoms with van der Waals surface area (Å²) in [6.45, 7) is 0. The summed E-state index contributed by atoms with van der Waals surface area (Å²) in [6.07, 6.45) is 7.57. The van der Waals surface area contributed by atoms with Crippen molar-refractivity contribution < 1.29 is 0 Å². The standard InChI is InChI=1S/C46H36N4/c1-49-42-17-9-7-15-40(42)47-45(49)31-23-19-29(20-24-31)38-27-33-28-39(35-12-4-6-14-37(35)44(33)36-13-5-3-11-34(36)38)30-21-25-32(26-22-30)46-48-41-16-8-10-18-43(41)50(46)2/h3-21,23-25,28,38H,22,26-27H2,1-2H3. The Balaban J connectivity index is 1.05. The Morgan fingerprint density at radius 2 is 1.16 bits per heavy atom. The van der Waals surface area contributed by atoms with Crippen molar-refractivity contribution in [2.24, 2.45) is 14.1 Å². The van der Waals surface area contributed by atoms with E-state index in [2.05, 4.69) is 163 Å². The number of rotatable bonds is 4. The molecule has 1 unspecified atom stereocenters. The zero-order valence-electron chi connectivity index (χ0n) is 28.3. The highest BCUT2D eigenvalue weighted by atomic mass is 15.1. The van der Waals surface area contributed by atoms with Crippen LogP contribution < -0.4 is 0 Å². The number of para-hydroxylation sites is 4. The summed E-state index contributed by atoms with van der Waals surface area (Å²) in [6, 6.07) is 46.5. The normalized spacial score (nSPS) is 15.6. The zero-order chi connectivity index (χ0) is 33.3. The van der Waals surface area contributed by atoms with E-state index >= 15 is 0 Å². The summed E-state index contributed by atoms with van der Waals surface area (Å²) >= 11 is 0. The molecule has 0 aliphatic heterocycles. The highest BCUT2D eigenvalue weighted by Gasteiger charge is 2.29. The Kier molecular flexibility index (Phi) is 6.53. The number of hydrogen-bond donors (Lipinski definition) is 0. The quantitative estimate of drug-likeness (QED) is 0.191. The molecule has 2 heterocycles. The average Bonchev–Trinajstić information content (AvgIpc) is 3.70. The summed E-state index contributed by atoms with van der Waals surface area (Å²) in [5, 5.41) is 2.67. The van der Waals surface area contributed by atoms with E-state index in [0.29, 0.717) is 0 Å². The molecule has 0 saturated carbocycles. The van der Waals surface area contributed by atoms with E-state index in [0.717, 1.165) is 53.0 Å². The second-order valence-electron chi connectivity index (χ2n) is 13.8. The molecule has 4 nitrogen and oxygen atoms in total. The van der Waals surface area contributed by atoms with Crippen molar-refractivity contribution in [3.05, 3.63) is 168 Å². The lowest BCUT2D eigenvalue weighted by atomic mass is 9.73. The van der Waals surface area contributed by atoms with Gasteiger partial charge in [0.25, 0.3) is 0 Å². The average molecular weight is 645 g/mol. The molecule has 6 aromatic carbocycles. The van der Waals surface area contributed by atoms with Gasteiger partial charge in [0, 0.05) is 25.6 Å². The SMILES string of the molecule is Cn1c(C2=CC=C(c3cc4c(c5ccccc35)-c3ccccc3C(c3ccc(-c5nc6ccccc6n5C)cc3)C4)CC2)nc2ccccc21. The van der Waals surface area contributed by atoms with Crippen LogP contribution in [-0.4, -0.2) is 19.1 Å². The van der Waals surface area contributed by atoms with Crippen LogP contribution in [0.25, 0.3) is 66.5 Å². The molecule has 2 aliphatic carbocycles. The molecule has 0 bridgehead atoms. The fourth-order valence-corrected chi connectivity index (χ4v) is 8.58. The molecule has 4 heteroatoms. The summed E-state index contributed by atoms with van der Waals surface area (Å²) in [7, 11) is 4.23. The van der Waals surface area contributed by atoms with E-state index in [1.165, 1.54) is 60.8 Å². The topological polar surface area (TPSA) is 35.6 Å². The molecule has 0 saturated heterocycles. The molecule has 2 aliphatic rings. The molecule has 0 N–H and O–H groups in total. The Hall–Kier alpha value is -6.00. The Morgan fingerprint density at radius 1 is 0.560 bits per heavy atom. The van der Waals surface area contributed by atoms with E-state index in [1.807, 2.05) is 0 Å². The van der Waals surface area contributed by atoms with Gasteiger partial charge in [0.1, 0.15) is 11.6 Å². The lowest BCUT2D eigenvalue weighted by Gasteiger charge is -2.31. The van der Waals surface area contributed by atoms with Gasteiger partial charge in [-0.2, -0.15) is 0 Å². The minimum absolute atomic E-state index is 0.270. The van der Waals surface area contributed by atoms with Crippen molar-refractivity contribution in [1.82, 2.24) is 19.1 Å². The molecule has 0 fully saturated rings. The van der Waals surface area contributed by atoms with Crippen LogP contribution in [0.1, 0.15) is 46.8 Å². The number of aromatic nitrogens is 4. The maximum atomic E-state index is 5.00. The fourth-order valence-electron chi connectivity index (χ4n) is 8.58. The van der Waals surface area contributed by atoms with Crippen LogP contribution in [0.4, 0.5) is 0 Å². The Bertz CT molecular complexity index is 2700. The first-order chi connectivity index (χ1) is 24.6. The molecule has 0 spiro atoms. The summed E-state index contributed by atoms with van der Waals surface area (Å²) in [5.41, 5.74) is 16.5. The Morgan fingerprint density at radius 3 is 1.88 bits per heavy atom. The van der Waals surface area contributed by atoms with Crippen molar-refractivity contribution >= 4 is 44.0 Å². The molecular weight excluding hydrogens is 609 g/mol. The smallest absolute Gasteiger partial charge is 0.140 e. The second kappa shape index (κ2) is 11.3. The summed E-state index contributed by atoms with van der Waals surface area (Å²) < 4.78 is 4.43. The fraction of sp³-hybridized carbons (Fsp3) is 0.130. The minimum Gasteiger partial charge on any atom is -0.327 e. The van der Waals surface area contributed by atoms with E-state index in [1.54, 1.807) is 0 Å². The number of allylic oxidation sites excluding steroid dienone is 4. The van der Waals surface area contributed by atoms with Crippen LogP contribution in [0.3, 0.4) is 0 Å². The van der Waals surface area contributed by atoms with Gasteiger partial charge in [-0.1, -0.05) is 115 Å². The summed E-state index contributed by atoms with van der Waals surface area (Å²) in [5.74, 6) is 2.34. The van der Waals surface area contributed by atoms with Crippen molar-refractivity contribution in [2.45, 2.75) is 25.2 Å². The first kappa shape index (κ1) is 29.0. The van der Waals surface area contributed by atoms with Gasteiger partial charge in [0.05, 0.1) is 22.1 Å². The molecule has 1 atom stereocenters. The monoisotopic (exact) mass is 644 g/mol. The molecule has 50 heavy (non-hydrogen) atoms. The Labute approximate surface area is 291 Å². The maximum absolute atomic E-state index is 5.00. The first-order valence-electron chi connectivity index (χ1n) is 17.6. The third-order valence-electron chi connectivity index (χ3n) is 11.1. The predicted molar refractivity (Wildman–Crippen MR) is 207 cm³/mol. The van der Waals surface area contributed by atoms with E-state index in [9.17, 15) is 0 Å². The number of aryl methyl sites for hydroxylation is 2. The molecule has 0 amide bonds. The molecule has 0 radical (unpaired) electrons. The van der Waals surface area contributed by atoms with Gasteiger partial charge < -0.3 is 9.13 Å². The van der Waals surface area contributed by atoms with E-state index in [4.69, 9.17) is 9.97 Å². The predicted octanol–water partition coefficient (Wildman–Crippen LogP) is 10.9. The number of imidazole rings is 2. The van der Waals surface area contributed by atoms with Crippen LogP contribution in [0.15, 0.2) is 140 Å². The van der Waals surface area contributed by atoms with Gasteiger partial charge >= 0.3 is 0 Å². The van der Waals surface area contributed by atoms with Crippen LogP contribution >= 0.6 is 0 Å². The van der Waals surface area contributed by atoms with Gasteiger partial charge in [0.2, 0.25) is 0 Å². The second-order valence-corrected chi connectivity index (χ2v) is 13.8. The van der Waals surface area contributed by atoms with Gasteiger partial charge in [-0.3, -0.25) is 0 Å². The molecular formula is C46H36N4.